The van der Waals surface area contributed by atoms with E-state index in [-0.39, 0.29) is 6.09 Å². The fourth-order valence-corrected chi connectivity index (χ4v) is 2.37. The van der Waals surface area contributed by atoms with E-state index in [2.05, 4.69) is 17.2 Å². The summed E-state index contributed by atoms with van der Waals surface area (Å²) in [5.74, 6) is 1.03. The van der Waals surface area contributed by atoms with Crippen molar-refractivity contribution in [1.29, 1.82) is 0 Å². The van der Waals surface area contributed by atoms with E-state index in [4.69, 9.17) is 4.74 Å². The molecule has 5 heteroatoms. The molecule has 1 fully saturated rings. The summed E-state index contributed by atoms with van der Waals surface area (Å²) in [6.45, 7) is 3.85. The van der Waals surface area contributed by atoms with Crippen LogP contribution < -0.4 is 5.32 Å². The van der Waals surface area contributed by atoms with E-state index >= 15 is 0 Å². The van der Waals surface area contributed by atoms with Gasteiger partial charge in [-0.1, -0.05) is 13.3 Å². The van der Waals surface area contributed by atoms with Crippen LogP contribution in [-0.4, -0.2) is 31.9 Å². The first-order valence-electron chi connectivity index (χ1n) is 7.20. The second kappa shape index (κ2) is 9.56. The minimum atomic E-state index is -0.305. The predicted octanol–water partition coefficient (Wildman–Crippen LogP) is 2.65. The molecule has 0 aromatic carbocycles. The second-order valence-electron chi connectivity index (χ2n) is 5.19. The number of rotatable bonds is 7. The van der Waals surface area contributed by atoms with Crippen molar-refractivity contribution in [1.82, 2.24) is 5.32 Å². The van der Waals surface area contributed by atoms with Gasteiger partial charge >= 0.3 is 6.09 Å². The van der Waals surface area contributed by atoms with Gasteiger partial charge in [-0.2, -0.15) is 0 Å². The highest BCUT2D eigenvalue weighted by atomic mass is 16.5. The largest absolute Gasteiger partial charge is 0.450 e. The van der Waals surface area contributed by atoms with Crippen molar-refractivity contribution in [3.8, 4) is 0 Å². The molecule has 0 aliphatic heterocycles. The lowest BCUT2D eigenvalue weighted by Crippen LogP contribution is -2.32. The summed E-state index contributed by atoms with van der Waals surface area (Å²) in [7, 11) is 0. The molecule has 0 aromatic heterocycles. The highest BCUT2D eigenvalue weighted by molar-refractivity contribution is 5.67. The Morgan fingerprint density at radius 3 is 2.63 bits per heavy atom. The van der Waals surface area contributed by atoms with Crippen LogP contribution in [0.5, 0.6) is 0 Å². The zero-order chi connectivity index (χ0) is 13.9. The summed E-state index contributed by atoms with van der Waals surface area (Å²) in [5, 5.41) is 2.82. The van der Waals surface area contributed by atoms with Gasteiger partial charge in [-0.15, -0.1) is 0 Å². The number of nitrogens with zero attached hydrogens (tertiary/aromatic N) is 1. The molecular formula is C14H24N2O3. The zero-order valence-corrected chi connectivity index (χ0v) is 11.7. The molecular weight excluding hydrogens is 244 g/mol. The Labute approximate surface area is 114 Å². The Kier molecular flexibility index (Phi) is 7.91. The molecule has 1 saturated carbocycles. The number of amides is 1. The fourth-order valence-electron chi connectivity index (χ4n) is 2.37. The predicted molar refractivity (Wildman–Crippen MR) is 72.7 cm³/mol. The fraction of sp³-hybridized carbons (Fsp3) is 0.857. The van der Waals surface area contributed by atoms with Crippen molar-refractivity contribution in [2.24, 2.45) is 16.8 Å². The Hall–Kier alpha value is -1.35. The molecule has 1 aliphatic rings. The zero-order valence-electron chi connectivity index (χ0n) is 11.7. The lowest BCUT2D eigenvalue weighted by molar-refractivity contribution is 0.141. The van der Waals surface area contributed by atoms with E-state index in [1.165, 1.54) is 0 Å². The van der Waals surface area contributed by atoms with Crippen LogP contribution in [0, 0.1) is 11.8 Å². The molecule has 0 unspecified atom stereocenters. The summed E-state index contributed by atoms with van der Waals surface area (Å²) in [4.78, 5) is 25.1. The summed E-state index contributed by atoms with van der Waals surface area (Å²) < 4.78 is 5.04. The molecule has 1 aliphatic carbocycles. The van der Waals surface area contributed by atoms with Crippen LogP contribution >= 0.6 is 0 Å². The van der Waals surface area contributed by atoms with E-state index in [1.807, 2.05) is 0 Å². The van der Waals surface area contributed by atoms with Crippen molar-refractivity contribution in [2.75, 3.05) is 19.7 Å². The van der Waals surface area contributed by atoms with E-state index < -0.39 is 0 Å². The summed E-state index contributed by atoms with van der Waals surface area (Å²) in [6.07, 6.45) is 7.53. The molecule has 0 radical (unpaired) electrons. The third-order valence-corrected chi connectivity index (χ3v) is 3.65. The molecule has 5 nitrogen and oxygen atoms in total. The van der Waals surface area contributed by atoms with Crippen LogP contribution in [0.4, 0.5) is 4.79 Å². The van der Waals surface area contributed by atoms with E-state index in [0.717, 1.165) is 38.5 Å². The summed E-state index contributed by atoms with van der Waals surface area (Å²) >= 11 is 0. The van der Waals surface area contributed by atoms with Crippen LogP contribution in [0.1, 0.15) is 45.4 Å². The smallest absolute Gasteiger partial charge is 0.407 e. The van der Waals surface area contributed by atoms with Gasteiger partial charge in [-0.3, -0.25) is 0 Å². The first-order valence-corrected chi connectivity index (χ1v) is 7.20. The highest BCUT2D eigenvalue weighted by Gasteiger charge is 2.21. The number of hydrogen-bond donors (Lipinski definition) is 1. The maximum Gasteiger partial charge on any atom is 0.407 e. The van der Waals surface area contributed by atoms with Crippen molar-refractivity contribution in [3.63, 3.8) is 0 Å². The molecule has 0 heterocycles. The van der Waals surface area contributed by atoms with Crippen molar-refractivity contribution < 1.29 is 14.3 Å². The summed E-state index contributed by atoms with van der Waals surface area (Å²) in [6, 6.07) is 0. The Morgan fingerprint density at radius 2 is 2.00 bits per heavy atom. The maximum absolute atomic E-state index is 11.4. The Morgan fingerprint density at radius 1 is 1.32 bits per heavy atom. The molecule has 0 aromatic rings. The molecule has 1 N–H and O–H groups in total. The van der Waals surface area contributed by atoms with Gasteiger partial charge in [0.25, 0.3) is 0 Å². The Bertz CT molecular complexity index is 306. The molecule has 0 atom stereocenters. The molecule has 0 spiro atoms. The molecule has 1 rings (SSSR count). The van der Waals surface area contributed by atoms with E-state index in [9.17, 15) is 9.59 Å². The topological polar surface area (TPSA) is 67.8 Å². The number of isocyanates is 1. The van der Waals surface area contributed by atoms with Gasteiger partial charge in [0.15, 0.2) is 0 Å². The number of alkyl carbamates (subject to hydrolysis) is 1. The molecule has 1 amide bonds. The van der Waals surface area contributed by atoms with Gasteiger partial charge in [-0.05, 0) is 43.9 Å². The van der Waals surface area contributed by atoms with Crippen molar-refractivity contribution in [3.05, 3.63) is 0 Å². The molecule has 0 bridgehead atoms. The average molecular weight is 268 g/mol. The first kappa shape index (κ1) is 15.7. The van der Waals surface area contributed by atoms with E-state index in [0.29, 0.717) is 31.5 Å². The number of unbranched alkanes of at least 4 members (excludes halogenated alkanes) is 1. The number of carbonyl (C=O) groups excluding carboxylic acids is 2. The Balaban J connectivity index is 2.08. The quantitative estimate of drug-likeness (QED) is 0.438. The number of nitrogens with one attached hydrogen (secondary N) is 1. The van der Waals surface area contributed by atoms with Crippen LogP contribution in [0.2, 0.25) is 0 Å². The lowest BCUT2D eigenvalue weighted by atomic mass is 9.82. The van der Waals surface area contributed by atoms with Gasteiger partial charge in [0.1, 0.15) is 0 Å². The van der Waals surface area contributed by atoms with Crippen LogP contribution in [0.3, 0.4) is 0 Å². The maximum atomic E-state index is 11.4. The van der Waals surface area contributed by atoms with E-state index in [1.54, 1.807) is 6.08 Å². The van der Waals surface area contributed by atoms with Gasteiger partial charge in [-0.25, -0.2) is 14.6 Å². The van der Waals surface area contributed by atoms with Crippen molar-refractivity contribution in [2.45, 2.75) is 45.4 Å². The average Bonchev–Trinajstić information content (AvgIpc) is 2.44. The number of hydrogen-bond acceptors (Lipinski definition) is 4. The highest BCUT2D eigenvalue weighted by Crippen LogP contribution is 2.28. The van der Waals surface area contributed by atoms with Gasteiger partial charge < -0.3 is 10.1 Å². The third kappa shape index (κ3) is 6.97. The lowest BCUT2D eigenvalue weighted by Gasteiger charge is -2.27. The van der Waals surface area contributed by atoms with Gasteiger partial charge in [0.05, 0.1) is 13.2 Å². The van der Waals surface area contributed by atoms with Crippen molar-refractivity contribution >= 4 is 12.2 Å². The minimum Gasteiger partial charge on any atom is -0.450 e. The number of carbonyl (C=O) groups is 1. The minimum absolute atomic E-state index is 0.305. The number of ether oxygens (including phenoxy) is 1. The number of aliphatic imine (C=N–C) groups is 1. The van der Waals surface area contributed by atoms with Crippen LogP contribution in [0.15, 0.2) is 4.99 Å². The van der Waals surface area contributed by atoms with Crippen LogP contribution in [0.25, 0.3) is 0 Å². The standard InChI is InChI=1S/C14H24N2O3/c1-2-3-8-19-14(18)16-10-13-6-4-12(5-7-13)9-15-11-17/h12-13H,2-10H2,1H3,(H,16,18). The normalized spacial score (nSPS) is 22.4. The molecule has 108 valence electrons. The third-order valence-electron chi connectivity index (χ3n) is 3.65. The summed E-state index contributed by atoms with van der Waals surface area (Å²) in [5.41, 5.74) is 0. The van der Waals surface area contributed by atoms with Gasteiger partial charge in [0.2, 0.25) is 6.08 Å². The first-order chi connectivity index (χ1) is 9.26. The monoisotopic (exact) mass is 268 g/mol. The van der Waals surface area contributed by atoms with Gasteiger partial charge in [0, 0.05) is 6.54 Å². The second-order valence-corrected chi connectivity index (χ2v) is 5.19. The molecule has 0 saturated heterocycles. The SMILES string of the molecule is CCCCOC(=O)NCC1CCC(CN=C=O)CC1. The molecule has 19 heavy (non-hydrogen) atoms. The van der Waals surface area contributed by atoms with Crippen LogP contribution in [-0.2, 0) is 9.53 Å².